The Balaban J connectivity index is 1.71. The van der Waals surface area contributed by atoms with Gasteiger partial charge >= 0.3 is 0 Å². The standard InChI is InChI=1S/C20H15ClN2O2/c21-15-8-4-5-9-16(15)22-20(24)18-12-19-17(10-11-25-19)23(18)13-14-6-2-1-3-7-14/h1-12H,13H2,(H,22,24). The number of aromatic nitrogens is 1. The number of carbonyl (C=O) groups excluding carboxylic acids is 1. The van der Waals surface area contributed by atoms with E-state index in [1.54, 1.807) is 24.5 Å². The average molecular weight is 351 g/mol. The van der Waals surface area contributed by atoms with E-state index in [0.29, 0.717) is 28.5 Å². The van der Waals surface area contributed by atoms with Crippen LogP contribution in [0.25, 0.3) is 11.1 Å². The van der Waals surface area contributed by atoms with Crippen molar-refractivity contribution in [2.75, 3.05) is 5.32 Å². The van der Waals surface area contributed by atoms with Crippen LogP contribution in [0.15, 0.2) is 77.4 Å². The summed E-state index contributed by atoms with van der Waals surface area (Å²) in [6.45, 7) is 0.579. The first-order valence-corrected chi connectivity index (χ1v) is 8.27. The van der Waals surface area contributed by atoms with Crippen molar-refractivity contribution in [2.45, 2.75) is 6.54 Å². The van der Waals surface area contributed by atoms with Crippen molar-refractivity contribution in [3.63, 3.8) is 0 Å². The summed E-state index contributed by atoms with van der Waals surface area (Å²) in [4.78, 5) is 12.8. The van der Waals surface area contributed by atoms with Crippen LogP contribution in [0, 0.1) is 0 Å². The number of hydrogen-bond donors (Lipinski definition) is 1. The summed E-state index contributed by atoms with van der Waals surface area (Å²) >= 11 is 6.14. The van der Waals surface area contributed by atoms with Crippen LogP contribution in [-0.4, -0.2) is 10.5 Å². The number of anilines is 1. The van der Waals surface area contributed by atoms with E-state index in [2.05, 4.69) is 5.32 Å². The summed E-state index contributed by atoms with van der Waals surface area (Å²) in [5, 5.41) is 3.37. The first kappa shape index (κ1) is 15.5. The Morgan fingerprint density at radius 1 is 1.04 bits per heavy atom. The maximum atomic E-state index is 12.8. The SMILES string of the molecule is O=C(Nc1ccccc1Cl)c1cc2occc2n1Cc1ccccc1. The van der Waals surface area contributed by atoms with Gasteiger partial charge in [0.15, 0.2) is 5.58 Å². The van der Waals surface area contributed by atoms with E-state index in [-0.39, 0.29) is 5.91 Å². The number of carbonyl (C=O) groups is 1. The van der Waals surface area contributed by atoms with Crippen molar-refractivity contribution in [1.82, 2.24) is 4.57 Å². The summed E-state index contributed by atoms with van der Waals surface area (Å²) in [6.07, 6.45) is 1.63. The van der Waals surface area contributed by atoms with Gasteiger partial charge in [0.05, 0.1) is 22.5 Å². The lowest BCUT2D eigenvalue weighted by molar-refractivity contribution is 0.101. The first-order chi connectivity index (χ1) is 12.2. The van der Waals surface area contributed by atoms with Gasteiger partial charge in [-0.15, -0.1) is 0 Å². The fourth-order valence-corrected chi connectivity index (χ4v) is 3.03. The number of nitrogens with one attached hydrogen (secondary N) is 1. The molecule has 0 aliphatic rings. The maximum Gasteiger partial charge on any atom is 0.272 e. The van der Waals surface area contributed by atoms with Gasteiger partial charge in [-0.1, -0.05) is 54.1 Å². The largest absolute Gasteiger partial charge is 0.463 e. The van der Waals surface area contributed by atoms with Gasteiger partial charge in [0.2, 0.25) is 0 Å². The molecule has 0 unspecified atom stereocenters. The smallest absolute Gasteiger partial charge is 0.272 e. The zero-order valence-corrected chi connectivity index (χ0v) is 14.0. The van der Waals surface area contributed by atoms with Crippen molar-refractivity contribution < 1.29 is 9.21 Å². The first-order valence-electron chi connectivity index (χ1n) is 7.89. The highest BCUT2D eigenvalue weighted by atomic mass is 35.5. The molecule has 0 fully saturated rings. The Morgan fingerprint density at radius 2 is 1.80 bits per heavy atom. The molecule has 25 heavy (non-hydrogen) atoms. The van der Waals surface area contributed by atoms with Crippen LogP contribution in [-0.2, 0) is 6.54 Å². The summed E-state index contributed by atoms with van der Waals surface area (Å²) in [5.41, 5.74) is 3.78. The van der Waals surface area contributed by atoms with Gasteiger partial charge in [-0.3, -0.25) is 4.79 Å². The summed E-state index contributed by atoms with van der Waals surface area (Å²) in [5.74, 6) is -0.226. The second-order valence-electron chi connectivity index (χ2n) is 5.71. The van der Waals surface area contributed by atoms with E-state index in [1.165, 1.54) is 0 Å². The minimum atomic E-state index is -0.226. The molecule has 0 spiro atoms. The molecule has 1 N–H and O–H groups in total. The van der Waals surface area contributed by atoms with E-state index >= 15 is 0 Å². The van der Waals surface area contributed by atoms with Crippen LogP contribution in [0.2, 0.25) is 5.02 Å². The summed E-state index contributed by atoms with van der Waals surface area (Å²) in [7, 11) is 0. The number of fused-ring (bicyclic) bond motifs is 1. The molecule has 4 nitrogen and oxygen atoms in total. The van der Waals surface area contributed by atoms with Crippen LogP contribution in [0.1, 0.15) is 16.1 Å². The lowest BCUT2D eigenvalue weighted by Crippen LogP contribution is -2.17. The molecule has 124 valence electrons. The number of benzene rings is 2. The molecule has 0 radical (unpaired) electrons. The molecule has 0 aliphatic heterocycles. The van der Waals surface area contributed by atoms with Gasteiger partial charge in [0.1, 0.15) is 5.69 Å². The highest BCUT2D eigenvalue weighted by Crippen LogP contribution is 2.25. The Hall–Kier alpha value is -2.98. The van der Waals surface area contributed by atoms with E-state index in [9.17, 15) is 4.79 Å². The minimum absolute atomic E-state index is 0.226. The van der Waals surface area contributed by atoms with Gasteiger partial charge in [-0.2, -0.15) is 0 Å². The molecule has 2 heterocycles. The fraction of sp³-hybridized carbons (Fsp3) is 0.0500. The van der Waals surface area contributed by atoms with Gasteiger partial charge in [0.25, 0.3) is 5.91 Å². The monoisotopic (exact) mass is 350 g/mol. The van der Waals surface area contributed by atoms with Gasteiger partial charge in [-0.25, -0.2) is 0 Å². The predicted octanol–water partition coefficient (Wildman–Crippen LogP) is 5.19. The molecule has 0 saturated heterocycles. The second kappa shape index (κ2) is 6.49. The average Bonchev–Trinajstić information content (AvgIpc) is 3.21. The molecule has 4 aromatic rings. The van der Waals surface area contributed by atoms with Crippen molar-refractivity contribution in [1.29, 1.82) is 0 Å². The third kappa shape index (κ3) is 3.04. The number of furan rings is 1. The molecular formula is C20H15ClN2O2. The fourth-order valence-electron chi connectivity index (χ4n) is 2.85. The van der Waals surface area contributed by atoms with Crippen LogP contribution in [0.3, 0.4) is 0 Å². The van der Waals surface area contributed by atoms with E-state index in [1.807, 2.05) is 53.1 Å². The molecule has 0 atom stereocenters. The lowest BCUT2D eigenvalue weighted by Gasteiger charge is -2.11. The molecule has 0 aliphatic carbocycles. The number of amides is 1. The molecule has 4 rings (SSSR count). The number of halogens is 1. The Kier molecular flexibility index (Phi) is 4.04. The van der Waals surface area contributed by atoms with Crippen molar-refractivity contribution >= 4 is 34.3 Å². The Morgan fingerprint density at radius 3 is 2.60 bits per heavy atom. The van der Waals surface area contributed by atoms with Crippen LogP contribution in [0.5, 0.6) is 0 Å². The molecule has 5 heteroatoms. The van der Waals surface area contributed by atoms with E-state index < -0.39 is 0 Å². The zero-order chi connectivity index (χ0) is 17.2. The van der Waals surface area contributed by atoms with E-state index in [4.69, 9.17) is 16.0 Å². The molecule has 1 amide bonds. The Labute approximate surface area is 149 Å². The third-order valence-corrected chi connectivity index (χ3v) is 4.39. The molecule has 2 aromatic heterocycles. The van der Waals surface area contributed by atoms with Crippen LogP contribution in [0.4, 0.5) is 5.69 Å². The molecule has 0 saturated carbocycles. The van der Waals surface area contributed by atoms with Gasteiger partial charge in [-0.05, 0) is 17.7 Å². The Bertz CT molecular complexity index is 1030. The quantitative estimate of drug-likeness (QED) is 0.550. The predicted molar refractivity (Wildman–Crippen MR) is 99.2 cm³/mol. The third-order valence-electron chi connectivity index (χ3n) is 4.06. The second-order valence-corrected chi connectivity index (χ2v) is 6.11. The zero-order valence-electron chi connectivity index (χ0n) is 13.3. The van der Waals surface area contributed by atoms with E-state index in [0.717, 1.165) is 11.1 Å². The summed E-state index contributed by atoms with van der Waals surface area (Å²) < 4.78 is 7.42. The van der Waals surface area contributed by atoms with Gasteiger partial charge < -0.3 is 14.3 Å². The van der Waals surface area contributed by atoms with Crippen molar-refractivity contribution in [2.24, 2.45) is 0 Å². The number of para-hydroxylation sites is 1. The summed E-state index contributed by atoms with van der Waals surface area (Å²) in [6, 6.07) is 20.8. The van der Waals surface area contributed by atoms with Crippen molar-refractivity contribution in [3.05, 3.63) is 89.3 Å². The number of hydrogen-bond acceptors (Lipinski definition) is 2. The molecular weight excluding hydrogens is 336 g/mol. The minimum Gasteiger partial charge on any atom is -0.463 e. The number of rotatable bonds is 4. The van der Waals surface area contributed by atoms with Crippen LogP contribution >= 0.6 is 11.6 Å². The maximum absolute atomic E-state index is 12.8. The topological polar surface area (TPSA) is 47.2 Å². The highest BCUT2D eigenvalue weighted by molar-refractivity contribution is 6.33. The number of nitrogens with zero attached hydrogens (tertiary/aromatic N) is 1. The van der Waals surface area contributed by atoms with Crippen molar-refractivity contribution in [3.8, 4) is 0 Å². The van der Waals surface area contributed by atoms with Gasteiger partial charge in [0, 0.05) is 18.7 Å². The highest BCUT2D eigenvalue weighted by Gasteiger charge is 2.18. The normalized spacial score (nSPS) is 10.9. The molecule has 2 aromatic carbocycles. The molecule has 0 bridgehead atoms. The lowest BCUT2D eigenvalue weighted by atomic mass is 10.2. The van der Waals surface area contributed by atoms with Crippen LogP contribution < -0.4 is 5.32 Å².